The summed E-state index contributed by atoms with van der Waals surface area (Å²) in [7, 11) is 0. The van der Waals surface area contributed by atoms with Crippen LogP contribution in [0.2, 0.25) is 5.02 Å². The number of H-pyrrole nitrogens is 2. The number of nitrogens with zero attached hydrogens (tertiary/aromatic N) is 1. The lowest BCUT2D eigenvalue weighted by Gasteiger charge is -2.09. The minimum Gasteiger partial charge on any atom is -0.380 e. The number of benzene rings is 2. The Bertz CT molecular complexity index is 1100. The number of pyridine rings is 1. The van der Waals surface area contributed by atoms with E-state index in [2.05, 4.69) is 26.3 Å². The zero-order chi connectivity index (χ0) is 17.2. The molecule has 0 unspecified atom stereocenters. The normalized spacial score (nSPS) is 10.9. The number of halogens is 1. The van der Waals surface area contributed by atoms with Gasteiger partial charge in [0, 0.05) is 24.5 Å². The lowest BCUT2D eigenvalue weighted by Crippen LogP contribution is -2.00. The third kappa shape index (κ3) is 3.27. The number of hydrogen-bond donors (Lipinski definition) is 3. The molecular weight excluding hydrogens is 336 g/mol. The first-order chi connectivity index (χ1) is 12.2. The van der Waals surface area contributed by atoms with Crippen molar-refractivity contribution in [1.82, 2.24) is 15.0 Å². The van der Waals surface area contributed by atoms with Gasteiger partial charge >= 0.3 is 5.69 Å². The number of para-hydroxylation sites is 1. The molecule has 0 spiro atoms. The van der Waals surface area contributed by atoms with Crippen LogP contribution in [0.25, 0.3) is 22.2 Å². The first kappa shape index (κ1) is 15.5. The van der Waals surface area contributed by atoms with Gasteiger partial charge in [-0.05, 0) is 41.5 Å². The second-order valence-electron chi connectivity index (χ2n) is 5.75. The summed E-state index contributed by atoms with van der Waals surface area (Å²) >= 11 is 6.17. The summed E-state index contributed by atoms with van der Waals surface area (Å²) < 4.78 is 0. The van der Waals surface area contributed by atoms with Crippen molar-refractivity contribution >= 4 is 28.3 Å². The standard InChI is InChI=1S/C19H15ClN4O/c20-15-3-1-2-4-16(15)22-10-12-7-14(11-21-9-12)13-5-6-17-18(8-13)24-19(25)23-17/h1-9,11,22H,10H2,(H2,23,24,25). The van der Waals surface area contributed by atoms with Gasteiger partial charge in [-0.1, -0.05) is 29.8 Å². The van der Waals surface area contributed by atoms with Gasteiger partial charge in [-0.3, -0.25) is 4.98 Å². The molecule has 0 aliphatic heterocycles. The minimum atomic E-state index is -0.206. The third-order valence-electron chi connectivity index (χ3n) is 4.00. The molecule has 4 aromatic rings. The van der Waals surface area contributed by atoms with Crippen LogP contribution >= 0.6 is 11.6 Å². The Morgan fingerprint density at radius 2 is 1.80 bits per heavy atom. The van der Waals surface area contributed by atoms with Crippen molar-refractivity contribution in [1.29, 1.82) is 0 Å². The fourth-order valence-corrected chi connectivity index (χ4v) is 2.96. The predicted octanol–water partition coefficient (Wildman–Crippen LogP) is 4.18. The van der Waals surface area contributed by atoms with E-state index < -0.39 is 0 Å². The van der Waals surface area contributed by atoms with E-state index in [4.69, 9.17) is 11.6 Å². The SMILES string of the molecule is O=c1[nH]c2ccc(-c3cncc(CNc4ccccc4Cl)c3)cc2[nH]1. The molecule has 6 heteroatoms. The maximum atomic E-state index is 11.4. The van der Waals surface area contributed by atoms with Gasteiger partial charge in [-0.25, -0.2) is 4.79 Å². The Balaban J connectivity index is 1.59. The van der Waals surface area contributed by atoms with E-state index in [1.807, 2.05) is 54.9 Å². The highest BCUT2D eigenvalue weighted by atomic mass is 35.5. The second kappa shape index (κ2) is 6.45. The van der Waals surface area contributed by atoms with E-state index >= 15 is 0 Å². The molecule has 0 aliphatic rings. The molecule has 0 radical (unpaired) electrons. The lowest BCUT2D eigenvalue weighted by molar-refractivity contribution is 1.11. The van der Waals surface area contributed by atoms with Gasteiger partial charge < -0.3 is 15.3 Å². The van der Waals surface area contributed by atoms with Crippen molar-refractivity contribution in [3.63, 3.8) is 0 Å². The Morgan fingerprint density at radius 1 is 0.960 bits per heavy atom. The molecule has 0 fully saturated rings. The average molecular weight is 351 g/mol. The Labute approximate surface area is 148 Å². The van der Waals surface area contributed by atoms with Gasteiger partial charge in [0.05, 0.1) is 21.7 Å². The number of rotatable bonds is 4. The monoisotopic (exact) mass is 350 g/mol. The molecule has 0 bridgehead atoms. The largest absolute Gasteiger partial charge is 0.380 e. The third-order valence-corrected chi connectivity index (χ3v) is 4.33. The van der Waals surface area contributed by atoms with Crippen molar-refractivity contribution in [3.8, 4) is 11.1 Å². The molecule has 0 aliphatic carbocycles. The van der Waals surface area contributed by atoms with E-state index in [0.29, 0.717) is 11.6 Å². The number of nitrogens with one attached hydrogen (secondary N) is 3. The van der Waals surface area contributed by atoms with Gasteiger partial charge in [-0.2, -0.15) is 0 Å². The maximum Gasteiger partial charge on any atom is 0.323 e. The number of aromatic nitrogens is 3. The molecule has 2 heterocycles. The number of fused-ring (bicyclic) bond motifs is 1. The molecule has 0 saturated carbocycles. The van der Waals surface area contributed by atoms with Crippen LogP contribution in [0.5, 0.6) is 0 Å². The summed E-state index contributed by atoms with van der Waals surface area (Å²) in [5, 5.41) is 4.00. The van der Waals surface area contributed by atoms with Crippen molar-refractivity contribution < 1.29 is 0 Å². The Morgan fingerprint density at radius 3 is 2.68 bits per heavy atom. The van der Waals surface area contributed by atoms with Gasteiger partial charge in [0.1, 0.15) is 0 Å². The Kier molecular flexibility index (Phi) is 3.99. The molecule has 5 nitrogen and oxygen atoms in total. The first-order valence-electron chi connectivity index (χ1n) is 7.84. The van der Waals surface area contributed by atoms with Crippen LogP contribution < -0.4 is 11.0 Å². The van der Waals surface area contributed by atoms with E-state index in [-0.39, 0.29) is 5.69 Å². The summed E-state index contributed by atoms with van der Waals surface area (Å²) in [6.07, 6.45) is 3.63. The fourth-order valence-electron chi connectivity index (χ4n) is 2.76. The van der Waals surface area contributed by atoms with Crippen molar-refractivity contribution in [2.75, 3.05) is 5.32 Å². The molecule has 124 valence electrons. The van der Waals surface area contributed by atoms with Crippen molar-refractivity contribution in [3.05, 3.63) is 82.0 Å². The van der Waals surface area contributed by atoms with Crippen LogP contribution in [0.1, 0.15) is 5.56 Å². The number of hydrogen-bond acceptors (Lipinski definition) is 3. The van der Waals surface area contributed by atoms with Crippen LogP contribution in [-0.4, -0.2) is 15.0 Å². The maximum absolute atomic E-state index is 11.4. The Hall–Kier alpha value is -3.05. The average Bonchev–Trinajstić information content (AvgIpc) is 3.00. The summed E-state index contributed by atoms with van der Waals surface area (Å²) in [6, 6.07) is 15.5. The van der Waals surface area contributed by atoms with Crippen LogP contribution in [0.3, 0.4) is 0 Å². The van der Waals surface area contributed by atoms with Gasteiger partial charge in [0.2, 0.25) is 0 Å². The molecule has 0 atom stereocenters. The van der Waals surface area contributed by atoms with Gasteiger partial charge in [0.25, 0.3) is 0 Å². The van der Waals surface area contributed by atoms with Crippen LogP contribution in [-0.2, 0) is 6.54 Å². The quantitative estimate of drug-likeness (QED) is 0.517. The van der Waals surface area contributed by atoms with E-state index in [1.54, 1.807) is 0 Å². The fraction of sp³-hybridized carbons (Fsp3) is 0.0526. The molecule has 0 amide bonds. The smallest absolute Gasteiger partial charge is 0.323 e. The molecular formula is C19H15ClN4O. The van der Waals surface area contributed by atoms with Crippen LogP contribution in [0.15, 0.2) is 65.7 Å². The molecule has 25 heavy (non-hydrogen) atoms. The molecule has 2 aromatic heterocycles. The summed E-state index contributed by atoms with van der Waals surface area (Å²) in [5.41, 5.74) is 5.28. The van der Waals surface area contributed by atoms with Crippen LogP contribution in [0.4, 0.5) is 5.69 Å². The molecule has 0 saturated heterocycles. The number of imidazole rings is 1. The minimum absolute atomic E-state index is 0.206. The zero-order valence-corrected chi connectivity index (χ0v) is 14.0. The van der Waals surface area contributed by atoms with Gasteiger partial charge in [0.15, 0.2) is 0 Å². The number of aromatic amines is 2. The van der Waals surface area contributed by atoms with E-state index in [9.17, 15) is 4.79 Å². The molecule has 4 rings (SSSR count). The second-order valence-corrected chi connectivity index (χ2v) is 6.16. The molecule has 3 N–H and O–H groups in total. The van der Waals surface area contributed by atoms with Crippen molar-refractivity contribution in [2.45, 2.75) is 6.54 Å². The van der Waals surface area contributed by atoms with E-state index in [1.165, 1.54) is 0 Å². The van der Waals surface area contributed by atoms with Crippen LogP contribution in [0, 0.1) is 0 Å². The zero-order valence-electron chi connectivity index (χ0n) is 13.2. The first-order valence-corrected chi connectivity index (χ1v) is 8.21. The highest BCUT2D eigenvalue weighted by Crippen LogP contribution is 2.24. The molecule has 2 aromatic carbocycles. The number of anilines is 1. The summed E-state index contributed by atoms with van der Waals surface area (Å²) in [5.74, 6) is 0. The predicted molar refractivity (Wildman–Crippen MR) is 101 cm³/mol. The van der Waals surface area contributed by atoms with Gasteiger partial charge in [-0.15, -0.1) is 0 Å². The van der Waals surface area contributed by atoms with E-state index in [0.717, 1.165) is 33.4 Å². The van der Waals surface area contributed by atoms with Crippen molar-refractivity contribution in [2.24, 2.45) is 0 Å². The summed E-state index contributed by atoms with van der Waals surface area (Å²) in [4.78, 5) is 21.2. The highest BCUT2D eigenvalue weighted by molar-refractivity contribution is 6.33. The summed E-state index contributed by atoms with van der Waals surface area (Å²) in [6.45, 7) is 0.619. The highest BCUT2D eigenvalue weighted by Gasteiger charge is 2.05. The lowest BCUT2D eigenvalue weighted by atomic mass is 10.1. The topological polar surface area (TPSA) is 73.6 Å².